The van der Waals surface area contributed by atoms with Crippen molar-refractivity contribution >= 4 is 34.8 Å². The molecular formula is C18H20ClN3O3. The SMILES string of the molecule is NC[C@H]1CCC[C@H]1C(=O)Nc1ccc(Cl)cc1NC(=O)c1ccco1. The Hall–Kier alpha value is -2.31. The summed E-state index contributed by atoms with van der Waals surface area (Å²) in [6.07, 6.45) is 4.22. The molecule has 1 fully saturated rings. The van der Waals surface area contributed by atoms with E-state index < -0.39 is 5.91 Å². The van der Waals surface area contributed by atoms with E-state index >= 15 is 0 Å². The number of rotatable bonds is 5. The molecule has 0 unspecified atom stereocenters. The Morgan fingerprint density at radius 1 is 1.20 bits per heavy atom. The van der Waals surface area contributed by atoms with Gasteiger partial charge in [-0.1, -0.05) is 18.0 Å². The first kappa shape index (κ1) is 17.5. The number of hydrogen-bond acceptors (Lipinski definition) is 4. The standard InChI is InChI=1S/C18H20ClN3O3/c19-12-6-7-14(21-17(23)13-4-1-3-11(13)10-20)15(9-12)22-18(24)16-5-2-8-25-16/h2,5-9,11,13H,1,3-4,10,20H2,(H,21,23)(H,22,24)/t11-,13-/m1/s1. The maximum Gasteiger partial charge on any atom is 0.291 e. The normalized spacial score (nSPS) is 19.6. The zero-order valence-corrected chi connectivity index (χ0v) is 14.4. The maximum absolute atomic E-state index is 12.6. The van der Waals surface area contributed by atoms with Crippen LogP contribution in [0.3, 0.4) is 0 Å². The van der Waals surface area contributed by atoms with Crippen molar-refractivity contribution in [3.63, 3.8) is 0 Å². The van der Waals surface area contributed by atoms with Crippen LogP contribution in [0.15, 0.2) is 41.0 Å². The summed E-state index contributed by atoms with van der Waals surface area (Å²) in [6, 6.07) is 8.11. The van der Waals surface area contributed by atoms with Crippen molar-refractivity contribution in [3.05, 3.63) is 47.4 Å². The second kappa shape index (κ2) is 7.72. The van der Waals surface area contributed by atoms with Crippen LogP contribution in [-0.4, -0.2) is 18.4 Å². The zero-order valence-electron chi connectivity index (χ0n) is 13.6. The van der Waals surface area contributed by atoms with Crippen LogP contribution in [0.1, 0.15) is 29.8 Å². The van der Waals surface area contributed by atoms with Gasteiger partial charge in [-0.25, -0.2) is 0 Å². The molecule has 0 aliphatic heterocycles. The van der Waals surface area contributed by atoms with E-state index in [1.54, 1.807) is 30.3 Å². The molecule has 3 rings (SSSR count). The van der Waals surface area contributed by atoms with Crippen LogP contribution < -0.4 is 16.4 Å². The lowest BCUT2D eigenvalue weighted by molar-refractivity contribution is -0.120. The molecule has 2 amide bonds. The molecule has 25 heavy (non-hydrogen) atoms. The van der Waals surface area contributed by atoms with Gasteiger partial charge < -0.3 is 20.8 Å². The van der Waals surface area contributed by atoms with Gasteiger partial charge in [0.2, 0.25) is 5.91 Å². The zero-order chi connectivity index (χ0) is 17.8. The molecule has 0 spiro atoms. The molecule has 1 saturated carbocycles. The van der Waals surface area contributed by atoms with Gasteiger partial charge in [-0.2, -0.15) is 0 Å². The summed E-state index contributed by atoms with van der Waals surface area (Å²) >= 11 is 6.03. The molecule has 0 radical (unpaired) electrons. The maximum atomic E-state index is 12.6. The summed E-state index contributed by atoms with van der Waals surface area (Å²) in [4.78, 5) is 24.8. The minimum Gasteiger partial charge on any atom is -0.459 e. The van der Waals surface area contributed by atoms with Crippen molar-refractivity contribution in [3.8, 4) is 0 Å². The quantitative estimate of drug-likeness (QED) is 0.759. The number of halogens is 1. The molecule has 0 saturated heterocycles. The molecule has 1 aromatic carbocycles. The largest absolute Gasteiger partial charge is 0.459 e. The molecule has 0 bridgehead atoms. The van der Waals surface area contributed by atoms with E-state index in [2.05, 4.69) is 10.6 Å². The lowest BCUT2D eigenvalue weighted by Gasteiger charge is -2.19. The summed E-state index contributed by atoms with van der Waals surface area (Å²) in [5, 5.41) is 6.07. The second-order valence-corrected chi connectivity index (χ2v) is 6.58. The predicted molar refractivity (Wildman–Crippen MR) is 96.6 cm³/mol. The van der Waals surface area contributed by atoms with Crippen LogP contribution in [0.4, 0.5) is 11.4 Å². The molecule has 132 valence electrons. The van der Waals surface area contributed by atoms with Gasteiger partial charge in [-0.05, 0) is 55.6 Å². The number of carbonyl (C=O) groups excluding carboxylic acids is 2. The molecule has 1 aromatic heterocycles. The Morgan fingerprint density at radius 3 is 2.76 bits per heavy atom. The van der Waals surface area contributed by atoms with Crippen molar-refractivity contribution in [2.24, 2.45) is 17.6 Å². The smallest absolute Gasteiger partial charge is 0.291 e. The minimum absolute atomic E-state index is 0.0798. The molecule has 1 heterocycles. The number of nitrogens with one attached hydrogen (secondary N) is 2. The first-order valence-electron chi connectivity index (χ1n) is 8.24. The van der Waals surface area contributed by atoms with Crippen molar-refractivity contribution in [2.75, 3.05) is 17.2 Å². The number of amides is 2. The Balaban J connectivity index is 1.77. The van der Waals surface area contributed by atoms with Crippen LogP contribution in [0.5, 0.6) is 0 Å². The van der Waals surface area contributed by atoms with E-state index in [4.69, 9.17) is 21.8 Å². The predicted octanol–water partition coefficient (Wildman–Crippen LogP) is 3.50. The highest BCUT2D eigenvalue weighted by Crippen LogP contribution is 2.33. The summed E-state index contributed by atoms with van der Waals surface area (Å²) in [7, 11) is 0. The second-order valence-electron chi connectivity index (χ2n) is 6.14. The van der Waals surface area contributed by atoms with Crippen LogP contribution in [-0.2, 0) is 4.79 Å². The van der Waals surface area contributed by atoms with E-state index in [9.17, 15) is 9.59 Å². The summed E-state index contributed by atoms with van der Waals surface area (Å²) in [5.74, 6) is -0.216. The highest BCUT2D eigenvalue weighted by molar-refractivity contribution is 6.31. The van der Waals surface area contributed by atoms with Crippen LogP contribution in [0, 0.1) is 11.8 Å². The fourth-order valence-corrected chi connectivity index (χ4v) is 3.38. The lowest BCUT2D eigenvalue weighted by Crippen LogP contribution is -2.30. The van der Waals surface area contributed by atoms with Crippen LogP contribution >= 0.6 is 11.6 Å². The van der Waals surface area contributed by atoms with Gasteiger partial charge in [0, 0.05) is 10.9 Å². The van der Waals surface area contributed by atoms with Crippen molar-refractivity contribution in [1.82, 2.24) is 0 Å². The average Bonchev–Trinajstić information content (AvgIpc) is 3.28. The molecule has 2 aromatic rings. The van der Waals surface area contributed by atoms with Gasteiger partial charge in [0.15, 0.2) is 5.76 Å². The minimum atomic E-state index is -0.413. The van der Waals surface area contributed by atoms with E-state index in [1.807, 2.05) is 0 Å². The molecule has 2 atom stereocenters. The number of nitrogens with two attached hydrogens (primary N) is 1. The Kier molecular flexibility index (Phi) is 5.40. The number of benzene rings is 1. The third-order valence-electron chi connectivity index (χ3n) is 4.53. The topological polar surface area (TPSA) is 97.4 Å². The molecule has 7 heteroatoms. The third kappa shape index (κ3) is 4.03. The molecular weight excluding hydrogens is 342 g/mol. The summed E-state index contributed by atoms with van der Waals surface area (Å²) in [6.45, 7) is 0.501. The van der Waals surface area contributed by atoms with Crippen LogP contribution in [0.2, 0.25) is 5.02 Å². The highest BCUT2D eigenvalue weighted by Gasteiger charge is 2.32. The fourth-order valence-electron chi connectivity index (χ4n) is 3.21. The first-order valence-corrected chi connectivity index (χ1v) is 8.61. The lowest BCUT2D eigenvalue weighted by atomic mass is 9.95. The van der Waals surface area contributed by atoms with Crippen molar-refractivity contribution in [1.29, 1.82) is 0 Å². The molecule has 6 nitrogen and oxygen atoms in total. The third-order valence-corrected chi connectivity index (χ3v) is 4.77. The molecule has 1 aliphatic carbocycles. The number of furan rings is 1. The molecule has 4 N–H and O–H groups in total. The van der Waals surface area contributed by atoms with E-state index in [0.717, 1.165) is 19.3 Å². The van der Waals surface area contributed by atoms with Gasteiger partial charge in [0.25, 0.3) is 5.91 Å². The van der Waals surface area contributed by atoms with Crippen LogP contribution in [0.25, 0.3) is 0 Å². The van der Waals surface area contributed by atoms with Crippen molar-refractivity contribution in [2.45, 2.75) is 19.3 Å². The van der Waals surface area contributed by atoms with Gasteiger partial charge in [-0.15, -0.1) is 0 Å². The highest BCUT2D eigenvalue weighted by atomic mass is 35.5. The van der Waals surface area contributed by atoms with Gasteiger partial charge in [0.05, 0.1) is 17.6 Å². The van der Waals surface area contributed by atoms with Gasteiger partial charge in [-0.3, -0.25) is 9.59 Å². The summed E-state index contributed by atoms with van der Waals surface area (Å²) < 4.78 is 5.08. The van der Waals surface area contributed by atoms with Gasteiger partial charge in [0.1, 0.15) is 0 Å². The number of hydrogen-bond donors (Lipinski definition) is 3. The first-order chi connectivity index (χ1) is 12.1. The van der Waals surface area contributed by atoms with Gasteiger partial charge >= 0.3 is 0 Å². The monoisotopic (exact) mass is 361 g/mol. The van der Waals surface area contributed by atoms with E-state index in [-0.39, 0.29) is 23.5 Å². The van der Waals surface area contributed by atoms with Crippen molar-refractivity contribution < 1.29 is 14.0 Å². The van der Waals surface area contributed by atoms with E-state index in [1.165, 1.54) is 6.26 Å². The Morgan fingerprint density at radius 2 is 2.04 bits per heavy atom. The van der Waals surface area contributed by atoms with E-state index in [0.29, 0.717) is 22.9 Å². The summed E-state index contributed by atoms with van der Waals surface area (Å²) in [5.41, 5.74) is 6.68. The Bertz CT molecular complexity index is 761. The average molecular weight is 362 g/mol. The Labute approximate surface area is 150 Å². The fraction of sp³-hybridized carbons (Fsp3) is 0.333. The number of carbonyl (C=O) groups is 2. The molecule has 1 aliphatic rings. The number of anilines is 2.